The maximum Gasteiger partial charge on any atom is 0.224 e. The van der Waals surface area contributed by atoms with E-state index in [4.69, 9.17) is 14.2 Å². The van der Waals surface area contributed by atoms with E-state index in [1.165, 1.54) is 0 Å². The van der Waals surface area contributed by atoms with E-state index >= 15 is 0 Å². The molecule has 0 bridgehead atoms. The summed E-state index contributed by atoms with van der Waals surface area (Å²) in [6.07, 6.45) is 2.17. The van der Waals surface area contributed by atoms with Crippen LogP contribution < -0.4 is 19.5 Å². The molecule has 0 saturated carbocycles. The molecule has 170 valence electrons. The van der Waals surface area contributed by atoms with E-state index in [9.17, 15) is 4.79 Å². The highest BCUT2D eigenvalue weighted by molar-refractivity contribution is 5.95. The molecule has 0 aliphatic rings. The van der Waals surface area contributed by atoms with E-state index in [0.717, 1.165) is 27.4 Å². The molecule has 6 heteroatoms. The fourth-order valence-electron chi connectivity index (χ4n) is 3.72. The zero-order valence-corrected chi connectivity index (χ0v) is 19.6. The summed E-state index contributed by atoms with van der Waals surface area (Å²) in [5.74, 6) is 2.62. The second-order valence-electron chi connectivity index (χ2n) is 9.14. The Hall–Kier alpha value is -3.80. The molecule has 4 aromatic rings. The normalized spacial score (nSPS) is 11.4. The van der Waals surface area contributed by atoms with Gasteiger partial charge in [0, 0.05) is 29.8 Å². The standard InChI is InChI=1S/C27H28N2O4/c1-27(2,3)16-26(30)29-19-8-6-18-13-20(9-7-17(18)12-19)33-23-10-11-28-22-15-25(32-5)24(31-4)14-21(22)23/h6-15H,16H2,1-5H3,(H,29,30). The molecule has 0 saturated heterocycles. The number of carbonyl (C=O) groups is 1. The summed E-state index contributed by atoms with van der Waals surface area (Å²) in [5, 5.41) is 5.84. The van der Waals surface area contributed by atoms with Crippen molar-refractivity contribution in [2.75, 3.05) is 19.5 Å². The van der Waals surface area contributed by atoms with Gasteiger partial charge in [0.2, 0.25) is 5.91 Å². The minimum absolute atomic E-state index is 0.0124. The SMILES string of the molecule is COc1cc2nccc(Oc3ccc4cc(NC(=O)CC(C)(C)C)ccc4c3)c2cc1OC. The fraction of sp³-hybridized carbons (Fsp3) is 0.259. The lowest BCUT2D eigenvalue weighted by Gasteiger charge is -2.17. The molecule has 0 aliphatic heterocycles. The summed E-state index contributed by atoms with van der Waals surface area (Å²) < 4.78 is 17.0. The van der Waals surface area contributed by atoms with E-state index in [1.807, 2.05) is 75.4 Å². The Bertz CT molecular complexity index is 1330. The summed E-state index contributed by atoms with van der Waals surface area (Å²) in [5.41, 5.74) is 1.48. The van der Waals surface area contributed by atoms with Gasteiger partial charge in [0.15, 0.2) is 11.5 Å². The van der Waals surface area contributed by atoms with Crippen molar-refractivity contribution in [3.63, 3.8) is 0 Å². The summed E-state index contributed by atoms with van der Waals surface area (Å²) in [6, 6.07) is 17.3. The van der Waals surface area contributed by atoms with Crippen molar-refractivity contribution in [2.24, 2.45) is 5.41 Å². The highest BCUT2D eigenvalue weighted by atomic mass is 16.5. The Kier molecular flexibility index (Phi) is 6.09. The molecule has 4 rings (SSSR count). The van der Waals surface area contributed by atoms with Crippen LogP contribution in [-0.2, 0) is 4.79 Å². The van der Waals surface area contributed by atoms with Gasteiger partial charge >= 0.3 is 0 Å². The highest BCUT2D eigenvalue weighted by Crippen LogP contribution is 2.37. The number of methoxy groups -OCH3 is 2. The Balaban J connectivity index is 1.60. The molecule has 0 radical (unpaired) electrons. The molecule has 1 amide bonds. The predicted molar refractivity (Wildman–Crippen MR) is 132 cm³/mol. The molecule has 1 aromatic heterocycles. The van der Waals surface area contributed by atoms with Gasteiger partial charge in [-0.05, 0) is 52.6 Å². The molecule has 0 unspecified atom stereocenters. The number of fused-ring (bicyclic) bond motifs is 2. The van der Waals surface area contributed by atoms with Gasteiger partial charge < -0.3 is 19.5 Å². The number of amides is 1. The first kappa shape index (κ1) is 22.4. The van der Waals surface area contributed by atoms with Gasteiger partial charge in [-0.1, -0.05) is 32.9 Å². The van der Waals surface area contributed by atoms with Crippen LogP contribution in [-0.4, -0.2) is 25.1 Å². The molecule has 3 aromatic carbocycles. The van der Waals surface area contributed by atoms with Crippen LogP contribution in [0.25, 0.3) is 21.7 Å². The van der Waals surface area contributed by atoms with Gasteiger partial charge in [-0.3, -0.25) is 9.78 Å². The monoisotopic (exact) mass is 444 g/mol. The fourth-order valence-corrected chi connectivity index (χ4v) is 3.72. The Morgan fingerprint density at radius 1 is 0.879 bits per heavy atom. The smallest absolute Gasteiger partial charge is 0.224 e. The molecule has 0 spiro atoms. The van der Waals surface area contributed by atoms with Crippen LogP contribution in [0, 0.1) is 5.41 Å². The van der Waals surface area contributed by atoms with Gasteiger partial charge in [-0.2, -0.15) is 0 Å². The van der Waals surface area contributed by atoms with E-state index in [2.05, 4.69) is 10.3 Å². The lowest BCUT2D eigenvalue weighted by atomic mass is 9.92. The maximum absolute atomic E-state index is 12.3. The van der Waals surface area contributed by atoms with Crippen LogP contribution in [0.2, 0.25) is 0 Å². The van der Waals surface area contributed by atoms with E-state index < -0.39 is 0 Å². The van der Waals surface area contributed by atoms with Crippen molar-refractivity contribution in [3.8, 4) is 23.0 Å². The first-order valence-corrected chi connectivity index (χ1v) is 10.8. The van der Waals surface area contributed by atoms with Gasteiger partial charge in [0.05, 0.1) is 19.7 Å². The van der Waals surface area contributed by atoms with E-state index in [1.54, 1.807) is 20.4 Å². The lowest BCUT2D eigenvalue weighted by molar-refractivity contribution is -0.117. The second kappa shape index (κ2) is 8.98. The first-order chi connectivity index (χ1) is 15.8. The van der Waals surface area contributed by atoms with Crippen LogP contribution in [0.3, 0.4) is 0 Å². The van der Waals surface area contributed by atoms with Crippen LogP contribution >= 0.6 is 0 Å². The number of rotatable bonds is 6. The van der Waals surface area contributed by atoms with Gasteiger partial charge in [0.1, 0.15) is 11.5 Å². The number of pyridine rings is 1. The minimum atomic E-state index is -0.0561. The van der Waals surface area contributed by atoms with Crippen molar-refractivity contribution < 1.29 is 19.0 Å². The number of nitrogens with one attached hydrogen (secondary N) is 1. The van der Waals surface area contributed by atoms with Gasteiger partial charge in [0.25, 0.3) is 0 Å². The van der Waals surface area contributed by atoms with Crippen molar-refractivity contribution in [1.29, 1.82) is 0 Å². The Morgan fingerprint density at radius 3 is 2.30 bits per heavy atom. The van der Waals surface area contributed by atoms with Crippen molar-refractivity contribution >= 4 is 33.3 Å². The highest BCUT2D eigenvalue weighted by Gasteiger charge is 2.16. The molecular formula is C27H28N2O4. The van der Waals surface area contributed by atoms with Crippen molar-refractivity contribution in [3.05, 3.63) is 60.8 Å². The summed E-state index contributed by atoms with van der Waals surface area (Å²) >= 11 is 0. The van der Waals surface area contributed by atoms with Crippen LogP contribution in [0.5, 0.6) is 23.0 Å². The molecule has 0 aliphatic carbocycles. The number of nitrogens with zero attached hydrogens (tertiary/aromatic N) is 1. The summed E-state index contributed by atoms with van der Waals surface area (Å²) in [6.45, 7) is 6.15. The third kappa shape index (κ3) is 5.17. The second-order valence-corrected chi connectivity index (χ2v) is 9.14. The number of carbonyl (C=O) groups excluding carboxylic acids is 1. The summed E-state index contributed by atoms with van der Waals surface area (Å²) in [7, 11) is 3.20. The molecule has 0 atom stereocenters. The zero-order valence-electron chi connectivity index (χ0n) is 19.6. The number of anilines is 1. The number of hydrogen-bond acceptors (Lipinski definition) is 5. The number of aromatic nitrogens is 1. The maximum atomic E-state index is 12.3. The molecular weight excluding hydrogens is 416 g/mol. The Labute approximate surface area is 193 Å². The topological polar surface area (TPSA) is 69.7 Å². The molecule has 1 heterocycles. The molecule has 6 nitrogen and oxygen atoms in total. The lowest BCUT2D eigenvalue weighted by Crippen LogP contribution is -2.19. The van der Waals surface area contributed by atoms with Crippen LogP contribution in [0.15, 0.2) is 60.8 Å². The predicted octanol–water partition coefficient (Wildman–Crippen LogP) is 6.57. The molecule has 0 fully saturated rings. The van der Waals surface area contributed by atoms with Gasteiger partial charge in [-0.15, -0.1) is 0 Å². The minimum Gasteiger partial charge on any atom is -0.493 e. The largest absolute Gasteiger partial charge is 0.493 e. The van der Waals surface area contributed by atoms with Crippen molar-refractivity contribution in [1.82, 2.24) is 4.98 Å². The average Bonchev–Trinajstić information content (AvgIpc) is 2.77. The zero-order chi connectivity index (χ0) is 23.6. The van der Waals surface area contributed by atoms with E-state index in [0.29, 0.717) is 29.4 Å². The van der Waals surface area contributed by atoms with Crippen LogP contribution in [0.4, 0.5) is 5.69 Å². The number of ether oxygens (including phenoxy) is 3. The average molecular weight is 445 g/mol. The summed E-state index contributed by atoms with van der Waals surface area (Å²) in [4.78, 5) is 16.7. The van der Waals surface area contributed by atoms with Crippen LogP contribution in [0.1, 0.15) is 27.2 Å². The molecule has 1 N–H and O–H groups in total. The van der Waals surface area contributed by atoms with Gasteiger partial charge in [-0.25, -0.2) is 0 Å². The Morgan fingerprint density at radius 2 is 1.58 bits per heavy atom. The van der Waals surface area contributed by atoms with E-state index in [-0.39, 0.29) is 11.3 Å². The third-order valence-electron chi connectivity index (χ3n) is 5.22. The quantitative estimate of drug-likeness (QED) is 0.364. The first-order valence-electron chi connectivity index (χ1n) is 10.8. The molecule has 33 heavy (non-hydrogen) atoms. The third-order valence-corrected chi connectivity index (χ3v) is 5.22. The van der Waals surface area contributed by atoms with Crippen molar-refractivity contribution in [2.45, 2.75) is 27.2 Å². The number of benzene rings is 3. The number of hydrogen-bond donors (Lipinski definition) is 1.